The number of carbonyl (C=O) groups excluding carboxylic acids is 1. The summed E-state index contributed by atoms with van der Waals surface area (Å²) < 4.78 is 4.63. The van der Waals surface area contributed by atoms with Gasteiger partial charge in [-0.25, -0.2) is 4.79 Å². The first-order valence-corrected chi connectivity index (χ1v) is 5.26. The molecule has 0 bridgehead atoms. The van der Waals surface area contributed by atoms with Crippen LogP contribution in [0.4, 0.5) is 5.69 Å². The van der Waals surface area contributed by atoms with Gasteiger partial charge >= 0.3 is 11.7 Å². The quantitative estimate of drug-likeness (QED) is 0.382. The second kappa shape index (κ2) is 6.16. The Morgan fingerprint density at radius 2 is 2.32 bits per heavy atom. The van der Waals surface area contributed by atoms with Crippen LogP contribution in [0, 0.1) is 21.4 Å². The summed E-state index contributed by atoms with van der Waals surface area (Å²) >= 11 is 0. The molecule has 0 saturated carbocycles. The number of nitro groups is 1. The molecule has 1 N–H and O–H groups in total. The zero-order valence-electron chi connectivity index (χ0n) is 9.99. The maximum atomic E-state index is 11.1. The lowest BCUT2D eigenvalue weighted by Crippen LogP contribution is -1.99. The fourth-order valence-corrected chi connectivity index (χ4v) is 1.32. The second-order valence-corrected chi connectivity index (χ2v) is 3.39. The molecule has 0 amide bonds. The van der Waals surface area contributed by atoms with Crippen LogP contribution in [-0.2, 0) is 9.53 Å². The van der Waals surface area contributed by atoms with Gasteiger partial charge in [-0.05, 0) is 19.1 Å². The van der Waals surface area contributed by atoms with Crippen molar-refractivity contribution in [3.8, 4) is 11.8 Å². The van der Waals surface area contributed by atoms with Crippen molar-refractivity contribution in [2.45, 2.75) is 6.92 Å². The second-order valence-electron chi connectivity index (χ2n) is 3.39. The number of carbonyl (C=O) groups is 1. The van der Waals surface area contributed by atoms with E-state index in [9.17, 15) is 20.0 Å². The first-order chi connectivity index (χ1) is 8.99. The van der Waals surface area contributed by atoms with Gasteiger partial charge in [0, 0.05) is 17.7 Å². The van der Waals surface area contributed by atoms with Crippen molar-refractivity contribution < 1.29 is 19.6 Å². The van der Waals surface area contributed by atoms with Gasteiger partial charge in [0.15, 0.2) is 0 Å². The fraction of sp³-hybridized carbons (Fsp3) is 0.167. The van der Waals surface area contributed by atoms with E-state index in [0.717, 1.165) is 18.2 Å². The third-order valence-corrected chi connectivity index (χ3v) is 2.13. The van der Waals surface area contributed by atoms with E-state index in [-0.39, 0.29) is 17.7 Å². The minimum Gasteiger partial charge on any atom is -0.502 e. The molecule has 0 aliphatic rings. The molecule has 0 heterocycles. The predicted molar refractivity (Wildman–Crippen MR) is 65.1 cm³/mol. The fourth-order valence-electron chi connectivity index (χ4n) is 1.32. The number of hydrogen-bond acceptors (Lipinski definition) is 6. The van der Waals surface area contributed by atoms with Gasteiger partial charge in [-0.1, -0.05) is 0 Å². The first-order valence-electron chi connectivity index (χ1n) is 5.26. The molecule has 98 valence electrons. The Bertz CT molecular complexity index is 587. The molecule has 0 spiro atoms. The molecular formula is C12H10N2O5. The SMILES string of the molecule is CCOC(=O)C=Cc1cc(C#N)cc([N+](=O)[O-])c1O. The topological polar surface area (TPSA) is 113 Å². The van der Waals surface area contributed by atoms with E-state index in [1.165, 1.54) is 6.07 Å². The lowest BCUT2D eigenvalue weighted by Gasteiger charge is -2.01. The Hall–Kier alpha value is -2.88. The highest BCUT2D eigenvalue weighted by molar-refractivity contribution is 5.88. The molecule has 0 aromatic heterocycles. The Balaban J connectivity index is 3.21. The van der Waals surface area contributed by atoms with Gasteiger partial charge in [0.1, 0.15) is 0 Å². The zero-order valence-corrected chi connectivity index (χ0v) is 9.99. The number of phenols is 1. The highest BCUT2D eigenvalue weighted by Crippen LogP contribution is 2.31. The van der Waals surface area contributed by atoms with Crippen molar-refractivity contribution in [3.05, 3.63) is 39.4 Å². The molecule has 0 radical (unpaired) electrons. The largest absolute Gasteiger partial charge is 0.502 e. The Labute approximate surface area is 108 Å². The highest BCUT2D eigenvalue weighted by Gasteiger charge is 2.18. The van der Waals surface area contributed by atoms with Gasteiger partial charge in [-0.15, -0.1) is 0 Å². The van der Waals surface area contributed by atoms with Crippen LogP contribution in [0.15, 0.2) is 18.2 Å². The van der Waals surface area contributed by atoms with Gasteiger partial charge < -0.3 is 9.84 Å². The van der Waals surface area contributed by atoms with Gasteiger partial charge in [-0.2, -0.15) is 5.26 Å². The van der Waals surface area contributed by atoms with Crippen molar-refractivity contribution in [2.75, 3.05) is 6.61 Å². The number of ether oxygens (including phenoxy) is 1. The number of nitrogens with zero attached hydrogens (tertiary/aromatic N) is 2. The summed E-state index contributed by atoms with van der Waals surface area (Å²) in [6.45, 7) is 1.82. The van der Waals surface area contributed by atoms with E-state index in [0.29, 0.717) is 0 Å². The summed E-state index contributed by atoms with van der Waals surface area (Å²) in [6, 6.07) is 3.93. The minimum atomic E-state index is -0.808. The summed E-state index contributed by atoms with van der Waals surface area (Å²) in [5.74, 6) is -1.25. The van der Waals surface area contributed by atoms with Gasteiger partial charge in [0.05, 0.1) is 23.2 Å². The monoisotopic (exact) mass is 262 g/mol. The number of rotatable bonds is 4. The zero-order chi connectivity index (χ0) is 14.4. The normalized spacial score (nSPS) is 10.1. The van der Waals surface area contributed by atoms with Crippen molar-refractivity contribution >= 4 is 17.7 Å². The van der Waals surface area contributed by atoms with Crippen molar-refractivity contribution in [2.24, 2.45) is 0 Å². The van der Waals surface area contributed by atoms with Crippen LogP contribution < -0.4 is 0 Å². The van der Waals surface area contributed by atoms with E-state index in [1.807, 2.05) is 0 Å². The third-order valence-electron chi connectivity index (χ3n) is 2.13. The number of esters is 1. The van der Waals surface area contributed by atoms with Crippen LogP contribution in [0.5, 0.6) is 5.75 Å². The average Bonchev–Trinajstić information content (AvgIpc) is 2.37. The lowest BCUT2D eigenvalue weighted by molar-refractivity contribution is -0.385. The first kappa shape index (κ1) is 14.2. The molecule has 1 aromatic carbocycles. The number of benzene rings is 1. The Kier molecular flexibility index (Phi) is 4.60. The predicted octanol–water partition coefficient (Wildman–Crippen LogP) is 1.75. The van der Waals surface area contributed by atoms with E-state index in [4.69, 9.17) is 5.26 Å². The summed E-state index contributed by atoms with van der Waals surface area (Å²) in [6.07, 6.45) is 2.17. The summed E-state index contributed by atoms with van der Waals surface area (Å²) in [5, 5.41) is 29.1. The molecule has 7 heteroatoms. The van der Waals surface area contributed by atoms with E-state index >= 15 is 0 Å². The number of aromatic hydroxyl groups is 1. The molecule has 1 rings (SSSR count). The average molecular weight is 262 g/mol. The highest BCUT2D eigenvalue weighted by atomic mass is 16.6. The molecule has 0 saturated heterocycles. The molecule has 7 nitrogen and oxygen atoms in total. The van der Waals surface area contributed by atoms with Crippen molar-refractivity contribution in [1.82, 2.24) is 0 Å². The molecule has 0 aliphatic heterocycles. The number of hydrogen-bond donors (Lipinski definition) is 1. The molecular weight excluding hydrogens is 252 g/mol. The number of nitriles is 1. The number of nitro benzene ring substituents is 1. The van der Waals surface area contributed by atoms with Gasteiger partial charge in [0.2, 0.25) is 5.75 Å². The minimum absolute atomic E-state index is 0.00111. The van der Waals surface area contributed by atoms with Crippen LogP contribution >= 0.6 is 0 Å². The Morgan fingerprint density at radius 1 is 1.63 bits per heavy atom. The van der Waals surface area contributed by atoms with Crippen molar-refractivity contribution in [1.29, 1.82) is 5.26 Å². The maximum absolute atomic E-state index is 11.1. The molecule has 0 aliphatic carbocycles. The molecule has 1 aromatic rings. The van der Waals surface area contributed by atoms with Crippen LogP contribution in [0.1, 0.15) is 18.1 Å². The van der Waals surface area contributed by atoms with Gasteiger partial charge in [0.25, 0.3) is 0 Å². The van der Waals surface area contributed by atoms with E-state index in [1.54, 1.807) is 13.0 Å². The van der Waals surface area contributed by atoms with E-state index < -0.39 is 22.3 Å². The number of phenolic OH excluding ortho intramolecular Hbond substituents is 1. The van der Waals surface area contributed by atoms with Crippen LogP contribution in [0.2, 0.25) is 0 Å². The van der Waals surface area contributed by atoms with E-state index in [2.05, 4.69) is 4.74 Å². The Morgan fingerprint density at radius 3 is 2.84 bits per heavy atom. The smallest absolute Gasteiger partial charge is 0.330 e. The molecule has 0 unspecified atom stereocenters. The summed E-state index contributed by atoms with van der Waals surface area (Å²) in [5.41, 5.74) is -0.589. The van der Waals surface area contributed by atoms with Crippen LogP contribution in [0.25, 0.3) is 6.08 Å². The summed E-state index contributed by atoms with van der Waals surface area (Å²) in [4.78, 5) is 21.0. The van der Waals surface area contributed by atoms with Crippen LogP contribution in [-0.4, -0.2) is 22.6 Å². The standard InChI is InChI=1S/C12H10N2O5/c1-2-19-11(15)4-3-9-5-8(7-13)6-10(12(9)16)14(17)18/h3-6,16H,2H2,1H3. The van der Waals surface area contributed by atoms with Crippen molar-refractivity contribution in [3.63, 3.8) is 0 Å². The van der Waals surface area contributed by atoms with Gasteiger partial charge in [-0.3, -0.25) is 10.1 Å². The lowest BCUT2D eigenvalue weighted by atomic mass is 10.1. The van der Waals surface area contributed by atoms with Crippen LogP contribution in [0.3, 0.4) is 0 Å². The molecule has 0 fully saturated rings. The summed E-state index contributed by atoms with van der Waals surface area (Å²) in [7, 11) is 0. The maximum Gasteiger partial charge on any atom is 0.330 e. The molecule has 0 atom stereocenters. The third kappa shape index (κ3) is 3.54. The molecule has 19 heavy (non-hydrogen) atoms.